The molecule has 0 aromatic carbocycles. The van der Waals surface area contributed by atoms with Gasteiger partial charge in [0.25, 0.3) is 0 Å². The third-order valence-electron chi connectivity index (χ3n) is 1.99. The van der Waals surface area contributed by atoms with Gasteiger partial charge in [0.15, 0.2) is 0 Å². The van der Waals surface area contributed by atoms with Gasteiger partial charge < -0.3 is 14.3 Å². The van der Waals surface area contributed by atoms with Crippen molar-refractivity contribution in [2.75, 3.05) is 7.11 Å². The van der Waals surface area contributed by atoms with E-state index in [0.29, 0.717) is 5.65 Å². The topological polar surface area (TPSA) is 76.2 Å². The summed E-state index contributed by atoms with van der Waals surface area (Å²) in [5.41, 5.74) is 0.703. The zero-order valence-corrected chi connectivity index (χ0v) is 8.49. The van der Waals surface area contributed by atoms with Crippen LogP contribution >= 0.6 is 0 Å². The Bertz CT molecular complexity index is 526. The summed E-state index contributed by atoms with van der Waals surface area (Å²) in [6.45, 7) is 0. The van der Waals surface area contributed by atoms with Gasteiger partial charge >= 0.3 is 5.97 Å². The Hall–Kier alpha value is -2.37. The molecule has 0 saturated heterocycles. The number of aromatic nitrogens is 2. The Balaban J connectivity index is 2.53. The lowest BCUT2D eigenvalue weighted by Gasteiger charge is -1.94. The Morgan fingerprint density at radius 3 is 3.00 bits per heavy atom. The van der Waals surface area contributed by atoms with Crippen molar-refractivity contribution in [2.24, 2.45) is 5.16 Å². The van der Waals surface area contributed by atoms with Gasteiger partial charge in [-0.15, -0.1) is 0 Å². The lowest BCUT2D eigenvalue weighted by Crippen LogP contribution is -2.15. The summed E-state index contributed by atoms with van der Waals surface area (Å²) in [5, 5.41) is 12.4. The molecule has 0 bridgehead atoms. The van der Waals surface area contributed by atoms with Crippen LogP contribution in [-0.4, -0.2) is 33.3 Å². The van der Waals surface area contributed by atoms with Crippen LogP contribution in [0, 0.1) is 0 Å². The third-order valence-corrected chi connectivity index (χ3v) is 1.99. The highest BCUT2D eigenvalue weighted by atomic mass is 16.6. The van der Waals surface area contributed by atoms with Crippen molar-refractivity contribution in [3.8, 4) is 0 Å². The molecule has 2 heterocycles. The maximum absolute atomic E-state index is 10.9. The Morgan fingerprint density at radius 2 is 2.38 bits per heavy atom. The first-order valence-electron chi connectivity index (χ1n) is 4.51. The number of hydrogen-bond acceptors (Lipinski definition) is 4. The smallest absolute Gasteiger partial charge is 0.360 e. The predicted octanol–water partition coefficient (Wildman–Crippen LogP) is 0.769. The van der Waals surface area contributed by atoms with Gasteiger partial charge in [0.05, 0.1) is 0 Å². The molecule has 1 N–H and O–H groups in total. The number of rotatable bonds is 3. The number of hydrogen-bond donors (Lipinski definition) is 1. The summed E-state index contributed by atoms with van der Waals surface area (Å²) in [4.78, 5) is 19.5. The number of carboxylic acids is 1. The molecule has 0 unspecified atom stereocenters. The van der Waals surface area contributed by atoms with Crippen molar-refractivity contribution in [3.63, 3.8) is 0 Å². The number of fused-ring (bicyclic) bond motifs is 1. The minimum Gasteiger partial charge on any atom is -0.476 e. The minimum absolute atomic E-state index is 0.216. The quantitative estimate of drug-likeness (QED) is 0.611. The molecule has 0 atom stereocenters. The van der Waals surface area contributed by atoms with Gasteiger partial charge in [-0.2, -0.15) is 0 Å². The number of carboxylic acid groups (broad SMARTS) is 1. The minimum atomic E-state index is -1.18. The molecule has 6 heteroatoms. The number of oxime groups is 1. The molecule has 0 saturated carbocycles. The first-order valence-corrected chi connectivity index (χ1v) is 4.51. The maximum Gasteiger partial charge on any atom is 0.360 e. The number of carbonyl (C=O) groups is 1. The average Bonchev–Trinajstić information content (AvgIpc) is 2.68. The number of nitrogens with zero attached hydrogens (tertiary/aromatic N) is 3. The predicted molar refractivity (Wildman–Crippen MR) is 56.4 cm³/mol. The van der Waals surface area contributed by atoms with E-state index in [1.807, 2.05) is 12.1 Å². The fraction of sp³-hybridized carbons (Fsp3) is 0.100. The highest BCUT2D eigenvalue weighted by Gasteiger charge is 2.17. The summed E-state index contributed by atoms with van der Waals surface area (Å²) in [7, 11) is 1.29. The van der Waals surface area contributed by atoms with E-state index < -0.39 is 5.97 Å². The summed E-state index contributed by atoms with van der Waals surface area (Å²) >= 11 is 0. The van der Waals surface area contributed by atoms with Crippen molar-refractivity contribution in [1.82, 2.24) is 9.38 Å². The zero-order chi connectivity index (χ0) is 11.5. The molecular formula is C10H9N3O3. The fourth-order valence-corrected chi connectivity index (χ4v) is 1.34. The zero-order valence-electron chi connectivity index (χ0n) is 8.49. The molecule has 0 amide bonds. The van der Waals surface area contributed by atoms with Gasteiger partial charge in [-0.05, 0) is 12.1 Å². The number of pyridine rings is 1. The monoisotopic (exact) mass is 219 g/mol. The molecule has 0 fully saturated rings. The Kier molecular flexibility index (Phi) is 2.55. The second-order valence-corrected chi connectivity index (χ2v) is 3.02. The molecule has 0 aliphatic rings. The molecule has 0 spiro atoms. The standard InChI is InChI=1S/C10H9N3O3/c1-16-12-9(10(14)15)7-6-13-5-3-2-4-8(13)11-7/h2-6H,1H3,(H,14,15)/b12-9-. The second-order valence-electron chi connectivity index (χ2n) is 3.02. The molecule has 0 aliphatic heterocycles. The molecule has 0 radical (unpaired) electrons. The van der Waals surface area contributed by atoms with Crippen molar-refractivity contribution >= 4 is 17.3 Å². The van der Waals surface area contributed by atoms with E-state index in [0.717, 1.165) is 0 Å². The van der Waals surface area contributed by atoms with Crippen LogP contribution in [0.1, 0.15) is 5.69 Å². The summed E-state index contributed by atoms with van der Waals surface area (Å²) in [5.74, 6) is -1.18. The van der Waals surface area contributed by atoms with Gasteiger partial charge in [-0.3, -0.25) is 0 Å². The normalized spacial score (nSPS) is 11.7. The van der Waals surface area contributed by atoms with Gasteiger partial charge in [-0.25, -0.2) is 9.78 Å². The first kappa shape index (κ1) is 10.2. The average molecular weight is 219 g/mol. The molecule has 2 rings (SSSR count). The van der Waals surface area contributed by atoms with Crippen LogP contribution in [-0.2, 0) is 9.63 Å². The highest BCUT2D eigenvalue weighted by molar-refractivity contribution is 6.41. The van der Waals surface area contributed by atoms with Crippen LogP contribution in [0.4, 0.5) is 0 Å². The van der Waals surface area contributed by atoms with Crippen LogP contribution in [0.2, 0.25) is 0 Å². The van der Waals surface area contributed by atoms with E-state index in [2.05, 4.69) is 15.0 Å². The van der Waals surface area contributed by atoms with E-state index in [4.69, 9.17) is 5.11 Å². The molecule has 0 aliphatic carbocycles. The molecule has 2 aromatic rings. The van der Waals surface area contributed by atoms with E-state index >= 15 is 0 Å². The van der Waals surface area contributed by atoms with Crippen LogP contribution in [0.25, 0.3) is 5.65 Å². The summed E-state index contributed by atoms with van der Waals surface area (Å²) in [6.07, 6.45) is 3.36. The third kappa shape index (κ3) is 1.72. The van der Waals surface area contributed by atoms with E-state index in [-0.39, 0.29) is 11.4 Å². The van der Waals surface area contributed by atoms with E-state index in [9.17, 15) is 4.79 Å². The maximum atomic E-state index is 10.9. The van der Waals surface area contributed by atoms with Gasteiger partial charge in [0.2, 0.25) is 5.71 Å². The Labute approximate surface area is 90.8 Å². The van der Waals surface area contributed by atoms with Crippen LogP contribution in [0.3, 0.4) is 0 Å². The van der Waals surface area contributed by atoms with Crippen molar-refractivity contribution in [3.05, 3.63) is 36.3 Å². The van der Waals surface area contributed by atoms with Gasteiger partial charge in [0, 0.05) is 12.4 Å². The molecule has 16 heavy (non-hydrogen) atoms. The largest absolute Gasteiger partial charge is 0.476 e. The molecule has 2 aromatic heterocycles. The van der Waals surface area contributed by atoms with Crippen molar-refractivity contribution < 1.29 is 14.7 Å². The lowest BCUT2D eigenvalue weighted by atomic mass is 10.3. The first-order chi connectivity index (χ1) is 7.72. The van der Waals surface area contributed by atoms with E-state index in [1.54, 1.807) is 22.9 Å². The number of aliphatic carboxylic acids is 1. The fourth-order valence-electron chi connectivity index (χ4n) is 1.34. The SMILES string of the molecule is CO/N=C(\C(=O)O)c1cn2ccccc2n1. The van der Waals surface area contributed by atoms with E-state index in [1.165, 1.54) is 7.11 Å². The molecule has 6 nitrogen and oxygen atoms in total. The number of imidazole rings is 1. The summed E-state index contributed by atoms with van der Waals surface area (Å²) < 4.78 is 1.71. The molecule has 82 valence electrons. The van der Waals surface area contributed by atoms with Gasteiger partial charge in [-0.1, -0.05) is 11.2 Å². The molecular weight excluding hydrogens is 210 g/mol. The summed E-state index contributed by atoms with van der Waals surface area (Å²) in [6, 6.07) is 5.42. The van der Waals surface area contributed by atoms with Crippen molar-refractivity contribution in [2.45, 2.75) is 0 Å². The van der Waals surface area contributed by atoms with Crippen LogP contribution in [0.5, 0.6) is 0 Å². The van der Waals surface area contributed by atoms with Crippen LogP contribution < -0.4 is 0 Å². The van der Waals surface area contributed by atoms with Crippen molar-refractivity contribution in [1.29, 1.82) is 0 Å². The van der Waals surface area contributed by atoms with Crippen LogP contribution in [0.15, 0.2) is 35.7 Å². The second kappa shape index (κ2) is 4.01. The van der Waals surface area contributed by atoms with Gasteiger partial charge in [0.1, 0.15) is 18.5 Å². The Morgan fingerprint density at radius 1 is 1.56 bits per heavy atom. The highest BCUT2D eigenvalue weighted by Crippen LogP contribution is 2.06. The lowest BCUT2D eigenvalue weighted by molar-refractivity contribution is -0.129.